The van der Waals surface area contributed by atoms with E-state index in [2.05, 4.69) is 40.9 Å². The van der Waals surface area contributed by atoms with E-state index >= 15 is 0 Å². The molecule has 0 saturated heterocycles. The van der Waals surface area contributed by atoms with Crippen LogP contribution < -0.4 is 4.90 Å². The van der Waals surface area contributed by atoms with E-state index in [0.717, 1.165) is 47.6 Å². The third-order valence-corrected chi connectivity index (χ3v) is 5.88. The number of nitrogens with zero attached hydrogens (tertiary/aromatic N) is 3. The predicted octanol–water partition coefficient (Wildman–Crippen LogP) is 5.37. The molecule has 1 saturated carbocycles. The number of halogens is 1. The molecule has 1 aliphatic rings. The molecule has 0 aliphatic heterocycles. The van der Waals surface area contributed by atoms with Crippen molar-refractivity contribution in [3.8, 4) is 0 Å². The van der Waals surface area contributed by atoms with Gasteiger partial charge in [0.15, 0.2) is 5.13 Å². The smallest absolute Gasteiger partial charge is 0.186 e. The van der Waals surface area contributed by atoms with E-state index in [0.29, 0.717) is 0 Å². The molecule has 0 unspecified atom stereocenters. The van der Waals surface area contributed by atoms with E-state index in [1.807, 2.05) is 12.1 Å². The van der Waals surface area contributed by atoms with Crippen molar-refractivity contribution in [3.63, 3.8) is 0 Å². The first-order valence-electron chi connectivity index (χ1n) is 8.61. The van der Waals surface area contributed by atoms with Crippen LogP contribution in [0.3, 0.4) is 0 Å². The predicted molar refractivity (Wildman–Crippen MR) is 103 cm³/mol. The van der Waals surface area contributed by atoms with Gasteiger partial charge in [0.2, 0.25) is 0 Å². The van der Waals surface area contributed by atoms with Gasteiger partial charge < -0.3 is 9.47 Å². The van der Waals surface area contributed by atoms with Gasteiger partial charge in [-0.2, -0.15) is 0 Å². The third-order valence-electron chi connectivity index (χ3n) is 4.60. The van der Waals surface area contributed by atoms with Gasteiger partial charge in [-0.05, 0) is 61.9 Å². The molecule has 0 bridgehead atoms. The van der Waals surface area contributed by atoms with Crippen LogP contribution in [0.4, 0.5) is 5.13 Å². The molecule has 2 aromatic heterocycles. The molecule has 4 rings (SSSR count). The Morgan fingerprint density at radius 2 is 2.08 bits per heavy atom. The summed E-state index contributed by atoms with van der Waals surface area (Å²) in [7, 11) is 0. The fourth-order valence-electron chi connectivity index (χ4n) is 3.12. The van der Waals surface area contributed by atoms with Gasteiger partial charge >= 0.3 is 0 Å². The van der Waals surface area contributed by atoms with Crippen LogP contribution in [0, 0.1) is 12.8 Å². The lowest BCUT2D eigenvalue weighted by atomic mass is 10.2. The first kappa shape index (κ1) is 16.0. The van der Waals surface area contributed by atoms with Crippen LogP contribution in [0.2, 0.25) is 5.02 Å². The van der Waals surface area contributed by atoms with E-state index in [-0.39, 0.29) is 0 Å². The van der Waals surface area contributed by atoms with Crippen molar-refractivity contribution in [3.05, 3.63) is 47.2 Å². The highest BCUT2D eigenvalue weighted by molar-refractivity contribution is 7.22. The highest BCUT2D eigenvalue weighted by Gasteiger charge is 2.26. The molecule has 1 fully saturated rings. The van der Waals surface area contributed by atoms with Crippen LogP contribution in [0.1, 0.15) is 24.8 Å². The van der Waals surface area contributed by atoms with E-state index in [1.165, 1.54) is 23.1 Å². The Balaban J connectivity index is 1.52. The minimum Gasteiger partial charge on any atom is -0.354 e. The Bertz CT molecular complexity index is 821. The Hall–Kier alpha value is -1.52. The fraction of sp³-hybridized carbons (Fsp3) is 0.421. The minimum absolute atomic E-state index is 0.802. The molecule has 1 aromatic carbocycles. The van der Waals surface area contributed by atoms with E-state index in [9.17, 15) is 0 Å². The highest BCUT2D eigenvalue weighted by atomic mass is 35.5. The molecule has 0 amide bonds. The summed E-state index contributed by atoms with van der Waals surface area (Å²) in [5.41, 5.74) is 2.27. The Labute approximate surface area is 151 Å². The highest BCUT2D eigenvalue weighted by Crippen LogP contribution is 2.36. The number of thiazole rings is 1. The van der Waals surface area contributed by atoms with Crippen LogP contribution >= 0.6 is 22.9 Å². The third kappa shape index (κ3) is 3.60. The standard InChI is InChI=1S/C19H22ClN3S/c1-14-11-16(20)12-17-18(14)21-19(24-17)23(13-15-5-6-15)10-4-9-22-7-2-3-8-22/h2-3,7-8,11-12,15H,4-6,9-10,13H2,1H3. The Morgan fingerprint density at radius 1 is 1.29 bits per heavy atom. The summed E-state index contributed by atoms with van der Waals surface area (Å²) < 4.78 is 3.44. The summed E-state index contributed by atoms with van der Waals surface area (Å²) in [6.45, 7) is 5.35. The summed E-state index contributed by atoms with van der Waals surface area (Å²) in [6.07, 6.45) is 8.13. The zero-order valence-corrected chi connectivity index (χ0v) is 15.5. The molecule has 24 heavy (non-hydrogen) atoms. The number of fused-ring (bicyclic) bond motifs is 1. The van der Waals surface area contributed by atoms with E-state index in [1.54, 1.807) is 11.3 Å². The molecule has 2 heterocycles. The van der Waals surface area contributed by atoms with Crippen molar-refractivity contribution in [2.45, 2.75) is 32.7 Å². The SMILES string of the molecule is Cc1cc(Cl)cc2sc(N(CCCn3cccc3)CC3CC3)nc12. The van der Waals surface area contributed by atoms with Gasteiger partial charge in [0.25, 0.3) is 0 Å². The molecule has 0 radical (unpaired) electrons. The fourth-order valence-corrected chi connectivity index (χ4v) is 4.57. The number of aromatic nitrogens is 2. The lowest BCUT2D eigenvalue weighted by molar-refractivity contribution is 0.612. The number of benzene rings is 1. The van der Waals surface area contributed by atoms with Crippen molar-refractivity contribution in [1.82, 2.24) is 9.55 Å². The van der Waals surface area contributed by atoms with E-state index < -0.39 is 0 Å². The monoisotopic (exact) mass is 359 g/mol. The van der Waals surface area contributed by atoms with Gasteiger partial charge in [-0.15, -0.1) is 0 Å². The van der Waals surface area contributed by atoms with Crippen molar-refractivity contribution in [2.75, 3.05) is 18.0 Å². The molecular formula is C19H22ClN3S. The normalized spacial score (nSPS) is 14.4. The molecule has 0 spiro atoms. The van der Waals surface area contributed by atoms with Crippen molar-refractivity contribution >= 4 is 38.3 Å². The summed E-state index contributed by atoms with van der Waals surface area (Å²) in [4.78, 5) is 7.41. The molecular weight excluding hydrogens is 338 g/mol. The molecule has 5 heteroatoms. The topological polar surface area (TPSA) is 21.1 Å². The first-order chi connectivity index (χ1) is 11.7. The summed E-state index contributed by atoms with van der Waals surface area (Å²) >= 11 is 7.99. The zero-order valence-electron chi connectivity index (χ0n) is 13.9. The minimum atomic E-state index is 0.802. The summed E-state index contributed by atoms with van der Waals surface area (Å²) in [6, 6.07) is 8.22. The van der Waals surface area contributed by atoms with Gasteiger partial charge in [-0.3, -0.25) is 0 Å². The average molecular weight is 360 g/mol. The maximum absolute atomic E-state index is 6.21. The first-order valence-corrected chi connectivity index (χ1v) is 9.81. The largest absolute Gasteiger partial charge is 0.354 e. The van der Waals surface area contributed by atoms with Crippen LogP contribution in [0.25, 0.3) is 10.2 Å². The second-order valence-electron chi connectivity index (χ2n) is 6.73. The van der Waals surface area contributed by atoms with Crippen LogP contribution in [-0.4, -0.2) is 22.6 Å². The van der Waals surface area contributed by atoms with Crippen molar-refractivity contribution in [2.24, 2.45) is 5.92 Å². The molecule has 0 N–H and O–H groups in total. The van der Waals surface area contributed by atoms with Gasteiger partial charge in [-0.1, -0.05) is 22.9 Å². The van der Waals surface area contributed by atoms with Gasteiger partial charge in [0.05, 0.1) is 10.2 Å². The summed E-state index contributed by atoms with van der Waals surface area (Å²) in [5, 5.41) is 1.95. The van der Waals surface area contributed by atoms with Crippen molar-refractivity contribution in [1.29, 1.82) is 0 Å². The average Bonchev–Trinajstić information content (AvgIpc) is 3.04. The molecule has 3 nitrogen and oxygen atoms in total. The van der Waals surface area contributed by atoms with Gasteiger partial charge in [0, 0.05) is 37.1 Å². The van der Waals surface area contributed by atoms with Crippen LogP contribution in [-0.2, 0) is 6.54 Å². The van der Waals surface area contributed by atoms with Crippen LogP contribution in [0.5, 0.6) is 0 Å². The molecule has 0 atom stereocenters. The number of rotatable bonds is 7. The Kier molecular flexibility index (Phi) is 4.51. The molecule has 126 valence electrons. The lowest BCUT2D eigenvalue weighted by Gasteiger charge is -2.21. The van der Waals surface area contributed by atoms with E-state index in [4.69, 9.17) is 16.6 Å². The lowest BCUT2D eigenvalue weighted by Crippen LogP contribution is -2.27. The van der Waals surface area contributed by atoms with Gasteiger partial charge in [0.1, 0.15) is 0 Å². The quantitative estimate of drug-likeness (QED) is 0.565. The van der Waals surface area contributed by atoms with Gasteiger partial charge in [-0.25, -0.2) is 4.98 Å². The van der Waals surface area contributed by atoms with Crippen LogP contribution in [0.15, 0.2) is 36.7 Å². The maximum Gasteiger partial charge on any atom is 0.186 e. The second kappa shape index (κ2) is 6.77. The Morgan fingerprint density at radius 3 is 2.83 bits per heavy atom. The molecule has 1 aliphatic carbocycles. The number of aryl methyl sites for hydroxylation is 2. The molecule has 3 aromatic rings. The second-order valence-corrected chi connectivity index (χ2v) is 8.18. The number of hydrogen-bond donors (Lipinski definition) is 0. The number of anilines is 1. The van der Waals surface area contributed by atoms with Crippen molar-refractivity contribution < 1.29 is 0 Å². The summed E-state index contributed by atoms with van der Waals surface area (Å²) in [5.74, 6) is 0.855. The maximum atomic E-state index is 6.21. The number of hydrogen-bond acceptors (Lipinski definition) is 3. The zero-order chi connectivity index (χ0) is 16.5.